The number of alkyl halides is 3. The molecule has 0 radical (unpaired) electrons. The first-order chi connectivity index (χ1) is 11.5. The molecule has 1 aromatic heterocycles. The Morgan fingerprint density at radius 3 is 2.50 bits per heavy atom. The minimum atomic E-state index is -4.05. The van der Waals surface area contributed by atoms with Crippen LogP contribution >= 0.6 is 0 Å². The predicted octanol–water partition coefficient (Wildman–Crippen LogP) is 3.37. The van der Waals surface area contributed by atoms with Gasteiger partial charge in [-0.2, -0.15) is 18.3 Å². The SMILES string of the molecule is FC(F)(F)CCN1CCC(N[C@H]2CCCC[C@@H]2n2cccn2)CC1. The number of hydrogen-bond donors (Lipinski definition) is 1. The molecule has 0 aromatic carbocycles. The van der Waals surface area contributed by atoms with Crippen LogP contribution < -0.4 is 5.32 Å². The van der Waals surface area contributed by atoms with E-state index in [0.717, 1.165) is 38.8 Å². The molecule has 4 nitrogen and oxygen atoms in total. The van der Waals surface area contributed by atoms with Crippen molar-refractivity contribution in [2.24, 2.45) is 0 Å². The summed E-state index contributed by atoms with van der Waals surface area (Å²) in [4.78, 5) is 1.94. The number of nitrogens with one attached hydrogen (secondary N) is 1. The summed E-state index contributed by atoms with van der Waals surface area (Å²) in [5, 5.41) is 8.18. The predicted molar refractivity (Wildman–Crippen MR) is 86.8 cm³/mol. The second-order valence-corrected chi connectivity index (χ2v) is 7.09. The maximum Gasteiger partial charge on any atom is 0.390 e. The Morgan fingerprint density at radius 1 is 1.08 bits per heavy atom. The van der Waals surface area contributed by atoms with E-state index in [0.29, 0.717) is 18.1 Å². The highest BCUT2D eigenvalue weighted by atomic mass is 19.4. The summed E-state index contributed by atoms with van der Waals surface area (Å²) in [6.07, 6.45) is 5.74. The molecule has 1 saturated heterocycles. The van der Waals surface area contributed by atoms with E-state index >= 15 is 0 Å². The molecule has 2 heterocycles. The molecule has 3 rings (SSSR count). The number of aromatic nitrogens is 2. The average Bonchev–Trinajstić information content (AvgIpc) is 3.08. The Balaban J connectivity index is 1.46. The first kappa shape index (κ1) is 17.7. The van der Waals surface area contributed by atoms with Gasteiger partial charge in [0.15, 0.2) is 0 Å². The maximum atomic E-state index is 12.3. The minimum absolute atomic E-state index is 0.134. The van der Waals surface area contributed by atoms with Gasteiger partial charge < -0.3 is 10.2 Å². The maximum absolute atomic E-state index is 12.3. The van der Waals surface area contributed by atoms with Gasteiger partial charge in [-0.1, -0.05) is 12.8 Å². The molecule has 0 spiro atoms. The lowest BCUT2D eigenvalue weighted by atomic mass is 9.89. The molecular formula is C17H27F3N4. The van der Waals surface area contributed by atoms with E-state index < -0.39 is 12.6 Å². The lowest BCUT2D eigenvalue weighted by Crippen LogP contribution is -2.50. The largest absolute Gasteiger partial charge is 0.390 e. The quantitative estimate of drug-likeness (QED) is 0.889. The van der Waals surface area contributed by atoms with Crippen molar-refractivity contribution in [3.05, 3.63) is 18.5 Å². The van der Waals surface area contributed by atoms with Gasteiger partial charge in [-0.15, -0.1) is 0 Å². The third kappa shape index (κ3) is 4.96. The molecule has 2 aliphatic rings. The third-order valence-electron chi connectivity index (χ3n) is 5.34. The average molecular weight is 344 g/mol. The van der Waals surface area contributed by atoms with Crippen LogP contribution in [-0.4, -0.2) is 52.6 Å². The van der Waals surface area contributed by atoms with Gasteiger partial charge in [0.1, 0.15) is 0 Å². The van der Waals surface area contributed by atoms with Gasteiger partial charge in [0.25, 0.3) is 0 Å². The monoisotopic (exact) mass is 344 g/mol. The van der Waals surface area contributed by atoms with Crippen LogP contribution in [0.5, 0.6) is 0 Å². The van der Waals surface area contributed by atoms with Crippen molar-refractivity contribution in [2.75, 3.05) is 19.6 Å². The van der Waals surface area contributed by atoms with Gasteiger partial charge in [-0.3, -0.25) is 4.68 Å². The van der Waals surface area contributed by atoms with E-state index in [1.54, 1.807) is 0 Å². The number of halogens is 3. The van der Waals surface area contributed by atoms with E-state index in [-0.39, 0.29) is 6.54 Å². The highest BCUT2D eigenvalue weighted by Crippen LogP contribution is 2.29. The minimum Gasteiger partial charge on any atom is -0.309 e. The summed E-state index contributed by atoms with van der Waals surface area (Å²) in [5.41, 5.74) is 0. The van der Waals surface area contributed by atoms with Crippen molar-refractivity contribution in [2.45, 2.75) is 69.2 Å². The Kier molecular flexibility index (Phi) is 5.81. The summed E-state index contributed by atoms with van der Waals surface area (Å²) >= 11 is 0. The van der Waals surface area contributed by atoms with Crippen molar-refractivity contribution < 1.29 is 13.2 Å². The molecule has 2 fully saturated rings. The van der Waals surface area contributed by atoms with E-state index in [1.165, 1.54) is 12.8 Å². The molecule has 2 atom stereocenters. The molecule has 1 aliphatic carbocycles. The van der Waals surface area contributed by atoms with E-state index in [4.69, 9.17) is 0 Å². The molecule has 0 unspecified atom stereocenters. The summed E-state index contributed by atoms with van der Waals surface area (Å²) < 4.78 is 39.0. The van der Waals surface area contributed by atoms with Crippen LogP contribution in [0, 0.1) is 0 Å². The fourth-order valence-electron chi connectivity index (χ4n) is 4.01. The molecule has 1 aromatic rings. The number of nitrogens with zero attached hydrogens (tertiary/aromatic N) is 3. The first-order valence-electron chi connectivity index (χ1n) is 9.05. The number of rotatable bonds is 5. The molecular weight excluding hydrogens is 317 g/mol. The van der Waals surface area contributed by atoms with Crippen LogP contribution in [0.3, 0.4) is 0 Å². The van der Waals surface area contributed by atoms with Crippen molar-refractivity contribution in [1.82, 2.24) is 20.0 Å². The highest BCUT2D eigenvalue weighted by Gasteiger charge is 2.31. The molecule has 1 aliphatic heterocycles. The Labute approximate surface area is 141 Å². The molecule has 7 heteroatoms. The van der Waals surface area contributed by atoms with Crippen molar-refractivity contribution in [1.29, 1.82) is 0 Å². The smallest absolute Gasteiger partial charge is 0.309 e. The zero-order chi connectivity index (χ0) is 17.0. The second-order valence-electron chi connectivity index (χ2n) is 7.09. The molecule has 24 heavy (non-hydrogen) atoms. The van der Waals surface area contributed by atoms with E-state index in [2.05, 4.69) is 15.1 Å². The zero-order valence-corrected chi connectivity index (χ0v) is 14.0. The Hall–Kier alpha value is -1.08. The van der Waals surface area contributed by atoms with E-state index in [9.17, 15) is 13.2 Å². The molecule has 136 valence electrons. The topological polar surface area (TPSA) is 33.1 Å². The number of piperidine rings is 1. The number of likely N-dealkylation sites (tertiary alicyclic amines) is 1. The molecule has 1 saturated carbocycles. The lowest BCUT2D eigenvalue weighted by Gasteiger charge is -2.38. The van der Waals surface area contributed by atoms with Gasteiger partial charge in [0.05, 0.1) is 12.5 Å². The molecule has 1 N–H and O–H groups in total. The Morgan fingerprint density at radius 2 is 1.83 bits per heavy atom. The zero-order valence-electron chi connectivity index (χ0n) is 14.0. The summed E-state index contributed by atoms with van der Waals surface area (Å²) in [6.45, 7) is 1.65. The number of hydrogen-bond acceptors (Lipinski definition) is 3. The van der Waals surface area contributed by atoms with Crippen molar-refractivity contribution in [3.8, 4) is 0 Å². The van der Waals surface area contributed by atoms with Gasteiger partial charge in [-0.05, 0) is 44.8 Å². The highest BCUT2D eigenvalue weighted by molar-refractivity contribution is 4.92. The second kappa shape index (κ2) is 7.87. The summed E-state index contributed by atoms with van der Waals surface area (Å²) in [7, 11) is 0. The van der Waals surface area contributed by atoms with Crippen molar-refractivity contribution in [3.63, 3.8) is 0 Å². The molecule has 0 bridgehead atoms. The van der Waals surface area contributed by atoms with Gasteiger partial charge in [0, 0.05) is 31.0 Å². The Bertz CT molecular complexity index is 481. The van der Waals surface area contributed by atoms with Gasteiger partial charge >= 0.3 is 6.18 Å². The van der Waals surface area contributed by atoms with Crippen LogP contribution in [0.15, 0.2) is 18.5 Å². The fraction of sp³-hybridized carbons (Fsp3) is 0.824. The lowest BCUT2D eigenvalue weighted by molar-refractivity contribution is -0.138. The van der Waals surface area contributed by atoms with Crippen LogP contribution in [0.4, 0.5) is 13.2 Å². The van der Waals surface area contributed by atoms with Gasteiger partial charge in [-0.25, -0.2) is 0 Å². The first-order valence-corrected chi connectivity index (χ1v) is 9.05. The van der Waals surface area contributed by atoms with E-state index in [1.807, 2.05) is 23.4 Å². The fourth-order valence-corrected chi connectivity index (χ4v) is 4.01. The normalized spacial score (nSPS) is 27.5. The summed E-state index contributed by atoms with van der Waals surface area (Å²) in [5.74, 6) is 0. The third-order valence-corrected chi connectivity index (χ3v) is 5.34. The van der Waals surface area contributed by atoms with Crippen molar-refractivity contribution >= 4 is 0 Å². The van der Waals surface area contributed by atoms with Crippen LogP contribution in [0.25, 0.3) is 0 Å². The molecule has 0 amide bonds. The standard InChI is InChI=1S/C17H27F3N4/c18-17(19,20)8-13-23-11-6-14(7-12-23)22-15-4-1-2-5-16(15)24-10-3-9-21-24/h3,9-10,14-16,22H,1-2,4-8,11-13H2/t15-,16-/m0/s1. The van der Waals surface area contributed by atoms with Crippen LogP contribution in [0.1, 0.15) is 51.0 Å². The van der Waals surface area contributed by atoms with Crippen LogP contribution in [-0.2, 0) is 0 Å². The van der Waals surface area contributed by atoms with Gasteiger partial charge in [0.2, 0.25) is 0 Å². The summed E-state index contributed by atoms with van der Waals surface area (Å²) in [6, 6.07) is 3.20. The van der Waals surface area contributed by atoms with Crippen LogP contribution in [0.2, 0.25) is 0 Å².